The number of benzene rings is 2. The third-order valence-corrected chi connectivity index (χ3v) is 4.76. The third-order valence-electron chi connectivity index (χ3n) is 4.43. The molecule has 2 rings (SSSR count). The standard InChI is InChI=1S/C24H27ClO4/c1-17(14-19-9-10-20(27)15-23(19)25)8-11-24(28)22(12-13-26)18(2)16-29-21-6-4-3-5-7-21/h3-7,9-10,12,14-15,24,26-28H,2,8,11,13,16H2,1H3/b17-14+,22-12-. The van der Waals surface area contributed by atoms with Crippen LogP contribution in [0.4, 0.5) is 0 Å². The minimum Gasteiger partial charge on any atom is -0.508 e. The van der Waals surface area contributed by atoms with Gasteiger partial charge >= 0.3 is 0 Å². The summed E-state index contributed by atoms with van der Waals surface area (Å²) in [4.78, 5) is 0. The van der Waals surface area contributed by atoms with Crippen LogP contribution < -0.4 is 4.74 Å². The highest BCUT2D eigenvalue weighted by Crippen LogP contribution is 2.25. The lowest BCUT2D eigenvalue weighted by Crippen LogP contribution is -2.16. The molecule has 1 atom stereocenters. The van der Waals surface area contributed by atoms with Crippen LogP contribution in [0, 0.1) is 0 Å². The average Bonchev–Trinajstić information content (AvgIpc) is 2.71. The van der Waals surface area contributed by atoms with Crippen LogP contribution >= 0.6 is 11.6 Å². The number of aliphatic hydroxyl groups is 2. The molecule has 0 heterocycles. The average molecular weight is 415 g/mol. The highest BCUT2D eigenvalue weighted by molar-refractivity contribution is 6.32. The van der Waals surface area contributed by atoms with Crippen molar-refractivity contribution in [1.29, 1.82) is 0 Å². The molecule has 0 radical (unpaired) electrons. The number of phenols is 1. The van der Waals surface area contributed by atoms with Crippen LogP contribution in [0.1, 0.15) is 25.3 Å². The quantitative estimate of drug-likeness (QED) is 0.470. The Morgan fingerprint density at radius 3 is 2.59 bits per heavy atom. The summed E-state index contributed by atoms with van der Waals surface area (Å²) in [6, 6.07) is 14.2. The molecule has 0 aliphatic heterocycles. The van der Waals surface area contributed by atoms with Gasteiger partial charge in [0.25, 0.3) is 0 Å². The van der Waals surface area contributed by atoms with Crippen molar-refractivity contribution in [2.45, 2.75) is 25.9 Å². The van der Waals surface area contributed by atoms with E-state index in [9.17, 15) is 15.3 Å². The minimum absolute atomic E-state index is 0.121. The van der Waals surface area contributed by atoms with Gasteiger partial charge in [0.15, 0.2) is 0 Å². The van der Waals surface area contributed by atoms with Crippen molar-refractivity contribution < 1.29 is 20.1 Å². The Hall–Kier alpha value is -2.53. The molecule has 0 aliphatic rings. The summed E-state index contributed by atoms with van der Waals surface area (Å²) >= 11 is 6.14. The second-order valence-corrected chi connectivity index (χ2v) is 7.21. The molecule has 2 aromatic carbocycles. The molecule has 0 fully saturated rings. The van der Waals surface area contributed by atoms with Crippen molar-refractivity contribution >= 4 is 17.7 Å². The van der Waals surface area contributed by atoms with Crippen LogP contribution in [-0.2, 0) is 0 Å². The number of hydrogen-bond acceptors (Lipinski definition) is 4. The van der Waals surface area contributed by atoms with Gasteiger partial charge in [0.1, 0.15) is 18.1 Å². The third kappa shape index (κ3) is 7.42. The number of hydrogen-bond donors (Lipinski definition) is 3. The van der Waals surface area contributed by atoms with E-state index in [1.165, 1.54) is 6.07 Å². The molecule has 154 valence electrons. The zero-order valence-electron chi connectivity index (χ0n) is 16.5. The molecule has 2 aromatic rings. The monoisotopic (exact) mass is 414 g/mol. The first-order valence-electron chi connectivity index (χ1n) is 9.41. The Balaban J connectivity index is 1.96. The number of allylic oxidation sites excluding steroid dienone is 1. The fourth-order valence-electron chi connectivity index (χ4n) is 2.88. The van der Waals surface area contributed by atoms with Gasteiger partial charge in [0.05, 0.1) is 17.7 Å². The molecule has 0 aromatic heterocycles. The first kappa shape index (κ1) is 22.8. The molecule has 0 aliphatic carbocycles. The first-order chi connectivity index (χ1) is 13.9. The first-order valence-corrected chi connectivity index (χ1v) is 9.79. The summed E-state index contributed by atoms with van der Waals surface area (Å²) in [6.07, 6.45) is 3.82. The van der Waals surface area contributed by atoms with E-state index in [-0.39, 0.29) is 19.0 Å². The van der Waals surface area contributed by atoms with Gasteiger partial charge in [-0.2, -0.15) is 0 Å². The second-order valence-electron chi connectivity index (χ2n) is 6.80. The lowest BCUT2D eigenvalue weighted by Gasteiger charge is -2.18. The van der Waals surface area contributed by atoms with Crippen LogP contribution in [-0.4, -0.2) is 34.6 Å². The Bertz CT molecular complexity index is 872. The van der Waals surface area contributed by atoms with E-state index in [0.29, 0.717) is 29.0 Å². The summed E-state index contributed by atoms with van der Waals surface area (Å²) in [5, 5.41) is 29.9. The van der Waals surface area contributed by atoms with E-state index in [4.69, 9.17) is 16.3 Å². The molecule has 0 saturated heterocycles. The summed E-state index contributed by atoms with van der Waals surface area (Å²) in [5.41, 5.74) is 3.05. The van der Waals surface area contributed by atoms with Crippen LogP contribution in [0.3, 0.4) is 0 Å². The number of rotatable bonds is 10. The summed E-state index contributed by atoms with van der Waals surface area (Å²) in [5.74, 6) is 0.839. The van der Waals surface area contributed by atoms with Gasteiger partial charge in [-0.05, 0) is 66.8 Å². The Labute approximate surface area is 177 Å². The molecule has 1 unspecified atom stereocenters. The van der Waals surface area contributed by atoms with Gasteiger partial charge in [-0.25, -0.2) is 0 Å². The van der Waals surface area contributed by atoms with Crippen LogP contribution in [0.15, 0.2) is 77.9 Å². The molecule has 0 spiro atoms. The van der Waals surface area contributed by atoms with E-state index >= 15 is 0 Å². The van der Waals surface area contributed by atoms with Crippen molar-refractivity contribution in [2.24, 2.45) is 0 Å². The van der Waals surface area contributed by atoms with Crippen molar-refractivity contribution in [3.05, 3.63) is 88.5 Å². The lowest BCUT2D eigenvalue weighted by molar-refractivity contribution is 0.198. The van der Waals surface area contributed by atoms with E-state index in [1.807, 2.05) is 43.3 Å². The Morgan fingerprint density at radius 2 is 1.93 bits per heavy atom. The maximum Gasteiger partial charge on any atom is 0.119 e. The number of aliphatic hydroxyl groups excluding tert-OH is 2. The molecule has 5 heteroatoms. The number of ether oxygens (including phenoxy) is 1. The molecule has 3 N–H and O–H groups in total. The number of phenolic OH excluding ortho intramolecular Hbond substituents is 1. The van der Waals surface area contributed by atoms with Gasteiger partial charge in [0, 0.05) is 0 Å². The number of para-hydroxylation sites is 1. The molecule has 4 nitrogen and oxygen atoms in total. The van der Waals surface area contributed by atoms with Crippen LogP contribution in [0.2, 0.25) is 5.02 Å². The van der Waals surface area contributed by atoms with E-state index in [0.717, 1.165) is 16.9 Å². The normalized spacial score (nSPS) is 13.2. The zero-order valence-corrected chi connectivity index (χ0v) is 17.3. The summed E-state index contributed by atoms with van der Waals surface area (Å²) in [7, 11) is 0. The van der Waals surface area contributed by atoms with E-state index < -0.39 is 6.10 Å². The lowest BCUT2D eigenvalue weighted by atomic mass is 9.96. The predicted octanol–water partition coefficient (Wildman–Crippen LogP) is 5.14. The van der Waals surface area contributed by atoms with Gasteiger partial charge < -0.3 is 20.1 Å². The Morgan fingerprint density at radius 1 is 1.21 bits per heavy atom. The molecule has 29 heavy (non-hydrogen) atoms. The zero-order chi connectivity index (χ0) is 21.2. The maximum atomic E-state index is 10.6. The Kier molecular flexibility index (Phi) is 9.00. The molecule has 0 saturated carbocycles. The summed E-state index contributed by atoms with van der Waals surface area (Å²) in [6.45, 7) is 6.00. The van der Waals surface area contributed by atoms with Crippen molar-refractivity contribution in [2.75, 3.05) is 13.2 Å². The van der Waals surface area contributed by atoms with Gasteiger partial charge in [-0.3, -0.25) is 0 Å². The van der Waals surface area contributed by atoms with E-state index in [1.54, 1.807) is 18.2 Å². The fraction of sp³-hybridized carbons (Fsp3) is 0.250. The van der Waals surface area contributed by atoms with Crippen LogP contribution in [0.5, 0.6) is 11.5 Å². The molecular weight excluding hydrogens is 388 g/mol. The highest BCUT2D eigenvalue weighted by atomic mass is 35.5. The predicted molar refractivity (Wildman–Crippen MR) is 118 cm³/mol. The topological polar surface area (TPSA) is 69.9 Å². The molecule has 0 bridgehead atoms. The smallest absolute Gasteiger partial charge is 0.119 e. The molecular formula is C24H27ClO4. The largest absolute Gasteiger partial charge is 0.508 e. The van der Waals surface area contributed by atoms with Crippen molar-refractivity contribution in [1.82, 2.24) is 0 Å². The molecule has 0 amide bonds. The minimum atomic E-state index is -0.771. The van der Waals surface area contributed by atoms with Crippen molar-refractivity contribution in [3.63, 3.8) is 0 Å². The van der Waals surface area contributed by atoms with Gasteiger partial charge in [-0.15, -0.1) is 0 Å². The highest BCUT2D eigenvalue weighted by Gasteiger charge is 2.15. The fourth-order valence-corrected chi connectivity index (χ4v) is 3.10. The number of aromatic hydroxyl groups is 1. The maximum absolute atomic E-state index is 10.6. The number of halogens is 1. The summed E-state index contributed by atoms with van der Waals surface area (Å²) < 4.78 is 5.69. The van der Waals surface area contributed by atoms with Crippen LogP contribution in [0.25, 0.3) is 6.08 Å². The van der Waals surface area contributed by atoms with Gasteiger partial charge in [0.2, 0.25) is 0 Å². The van der Waals surface area contributed by atoms with Crippen molar-refractivity contribution in [3.8, 4) is 11.5 Å². The van der Waals surface area contributed by atoms with Gasteiger partial charge in [-0.1, -0.05) is 54.1 Å². The van der Waals surface area contributed by atoms with E-state index in [2.05, 4.69) is 6.58 Å². The SMILES string of the molecule is C=C(COc1ccccc1)/C(=C/CO)C(O)CC/C(C)=C/c1ccc(O)cc1Cl. The second kappa shape index (κ2) is 11.5.